The molecule has 0 aliphatic carbocycles. The minimum Gasteiger partial charge on any atom is -0.398 e. The highest BCUT2D eigenvalue weighted by Gasteiger charge is 2.15. The zero-order chi connectivity index (χ0) is 13.8. The summed E-state index contributed by atoms with van der Waals surface area (Å²) >= 11 is 0. The van der Waals surface area contributed by atoms with E-state index in [2.05, 4.69) is 4.90 Å². The molecule has 2 aromatic carbocycles. The van der Waals surface area contributed by atoms with Gasteiger partial charge in [0.1, 0.15) is 5.82 Å². The summed E-state index contributed by atoms with van der Waals surface area (Å²) < 4.78 is 13.8. The molecule has 0 radical (unpaired) electrons. The van der Waals surface area contributed by atoms with Gasteiger partial charge in [-0.15, -0.1) is 0 Å². The van der Waals surface area contributed by atoms with Crippen LogP contribution in [0.2, 0.25) is 0 Å². The Kier molecular flexibility index (Phi) is 4.17. The van der Waals surface area contributed by atoms with Crippen LogP contribution in [0.25, 0.3) is 0 Å². The third-order valence-electron chi connectivity index (χ3n) is 3.49. The molecule has 0 aliphatic heterocycles. The van der Waals surface area contributed by atoms with Crippen molar-refractivity contribution in [2.24, 2.45) is 0 Å². The second-order valence-electron chi connectivity index (χ2n) is 4.81. The van der Waals surface area contributed by atoms with Crippen LogP contribution in [-0.2, 0) is 6.54 Å². The minimum absolute atomic E-state index is 0.000746. The van der Waals surface area contributed by atoms with Crippen LogP contribution in [0.15, 0.2) is 48.5 Å². The number of halogens is 1. The number of hydrogen-bond donors (Lipinski definition) is 1. The van der Waals surface area contributed by atoms with E-state index in [1.807, 2.05) is 50.4 Å². The standard InChI is InChI=1S/C16H19FN2/c1-12(14-8-4-5-9-15(14)17)19(2)11-13-7-3-6-10-16(13)18/h3-10,12H,11,18H2,1-2H3. The van der Waals surface area contributed by atoms with Crippen molar-refractivity contribution in [2.45, 2.75) is 19.5 Å². The molecule has 2 N–H and O–H groups in total. The van der Waals surface area contributed by atoms with Gasteiger partial charge in [0.2, 0.25) is 0 Å². The quantitative estimate of drug-likeness (QED) is 0.849. The molecule has 19 heavy (non-hydrogen) atoms. The van der Waals surface area contributed by atoms with E-state index in [1.54, 1.807) is 6.07 Å². The minimum atomic E-state index is -0.164. The lowest BCUT2D eigenvalue weighted by Gasteiger charge is -2.26. The fourth-order valence-corrected chi connectivity index (χ4v) is 2.14. The van der Waals surface area contributed by atoms with Crippen molar-refractivity contribution in [3.63, 3.8) is 0 Å². The lowest BCUT2D eigenvalue weighted by molar-refractivity contribution is 0.248. The van der Waals surface area contributed by atoms with Crippen molar-refractivity contribution in [3.8, 4) is 0 Å². The number of benzene rings is 2. The first kappa shape index (κ1) is 13.6. The van der Waals surface area contributed by atoms with Crippen molar-refractivity contribution < 1.29 is 4.39 Å². The van der Waals surface area contributed by atoms with Crippen molar-refractivity contribution in [1.29, 1.82) is 0 Å². The third-order valence-corrected chi connectivity index (χ3v) is 3.49. The highest BCUT2D eigenvalue weighted by atomic mass is 19.1. The molecule has 1 atom stereocenters. The van der Waals surface area contributed by atoms with E-state index in [9.17, 15) is 4.39 Å². The van der Waals surface area contributed by atoms with Crippen molar-refractivity contribution >= 4 is 5.69 Å². The average Bonchev–Trinajstić information content (AvgIpc) is 2.41. The van der Waals surface area contributed by atoms with E-state index in [-0.39, 0.29) is 11.9 Å². The van der Waals surface area contributed by atoms with Gasteiger partial charge in [-0.2, -0.15) is 0 Å². The Morgan fingerprint density at radius 1 is 1.11 bits per heavy atom. The SMILES string of the molecule is CC(c1ccccc1F)N(C)Cc1ccccc1N. The summed E-state index contributed by atoms with van der Waals surface area (Å²) in [6.45, 7) is 2.69. The summed E-state index contributed by atoms with van der Waals surface area (Å²) in [7, 11) is 1.98. The normalized spacial score (nSPS) is 12.6. The summed E-state index contributed by atoms with van der Waals surface area (Å²) in [6, 6.07) is 14.7. The first-order chi connectivity index (χ1) is 9.09. The van der Waals surface area contributed by atoms with Crippen molar-refractivity contribution in [1.82, 2.24) is 4.90 Å². The second-order valence-corrected chi connectivity index (χ2v) is 4.81. The van der Waals surface area contributed by atoms with Gasteiger partial charge in [0.15, 0.2) is 0 Å². The summed E-state index contributed by atoms with van der Waals surface area (Å²) in [6.07, 6.45) is 0. The second kappa shape index (κ2) is 5.85. The van der Waals surface area contributed by atoms with Gasteiger partial charge in [-0.3, -0.25) is 4.90 Å². The molecular formula is C16H19FN2. The highest BCUT2D eigenvalue weighted by Crippen LogP contribution is 2.24. The van der Waals surface area contributed by atoms with Gasteiger partial charge in [-0.05, 0) is 31.7 Å². The lowest BCUT2D eigenvalue weighted by Crippen LogP contribution is -2.23. The Balaban J connectivity index is 2.14. The largest absolute Gasteiger partial charge is 0.398 e. The maximum atomic E-state index is 13.8. The molecule has 0 saturated carbocycles. The number of nitrogens with two attached hydrogens (primary N) is 1. The topological polar surface area (TPSA) is 29.3 Å². The highest BCUT2D eigenvalue weighted by molar-refractivity contribution is 5.46. The van der Waals surface area contributed by atoms with Crippen LogP contribution < -0.4 is 5.73 Å². The molecule has 2 rings (SSSR count). The fraction of sp³-hybridized carbons (Fsp3) is 0.250. The first-order valence-corrected chi connectivity index (χ1v) is 6.37. The molecule has 1 unspecified atom stereocenters. The number of anilines is 1. The molecule has 3 heteroatoms. The van der Waals surface area contributed by atoms with Gasteiger partial charge in [0, 0.05) is 23.8 Å². The molecule has 0 heterocycles. The number of nitrogens with zero attached hydrogens (tertiary/aromatic N) is 1. The molecule has 0 saturated heterocycles. The Bertz CT molecular complexity index is 554. The maximum absolute atomic E-state index is 13.8. The first-order valence-electron chi connectivity index (χ1n) is 6.37. The lowest BCUT2D eigenvalue weighted by atomic mass is 10.1. The molecule has 0 amide bonds. The van der Waals surface area contributed by atoms with Crippen LogP contribution in [0, 0.1) is 5.82 Å². The molecule has 0 aliphatic rings. The molecular weight excluding hydrogens is 239 g/mol. The van der Waals surface area contributed by atoms with Gasteiger partial charge in [0.25, 0.3) is 0 Å². The smallest absolute Gasteiger partial charge is 0.127 e. The fourth-order valence-electron chi connectivity index (χ4n) is 2.14. The van der Waals surface area contributed by atoms with E-state index in [1.165, 1.54) is 6.07 Å². The predicted molar refractivity (Wildman–Crippen MR) is 77.1 cm³/mol. The molecule has 0 fully saturated rings. The number of para-hydroxylation sites is 1. The molecule has 0 bridgehead atoms. The molecule has 100 valence electrons. The summed E-state index contributed by atoms with van der Waals surface area (Å²) in [5.41, 5.74) is 8.48. The Hall–Kier alpha value is -1.87. The van der Waals surface area contributed by atoms with Crippen LogP contribution in [-0.4, -0.2) is 11.9 Å². The Morgan fingerprint density at radius 3 is 2.42 bits per heavy atom. The maximum Gasteiger partial charge on any atom is 0.127 e. The molecule has 2 aromatic rings. The third kappa shape index (κ3) is 3.12. The van der Waals surface area contributed by atoms with Gasteiger partial charge < -0.3 is 5.73 Å². The Labute approximate surface area is 113 Å². The average molecular weight is 258 g/mol. The summed E-state index contributed by atoms with van der Waals surface area (Å²) in [5.74, 6) is -0.164. The zero-order valence-corrected chi connectivity index (χ0v) is 11.3. The van der Waals surface area contributed by atoms with E-state index >= 15 is 0 Å². The predicted octanol–water partition coefficient (Wildman–Crippen LogP) is 3.60. The zero-order valence-electron chi connectivity index (χ0n) is 11.3. The van der Waals surface area contributed by atoms with E-state index < -0.39 is 0 Å². The van der Waals surface area contributed by atoms with E-state index in [0.29, 0.717) is 12.1 Å². The van der Waals surface area contributed by atoms with Gasteiger partial charge in [-0.1, -0.05) is 36.4 Å². The molecule has 2 nitrogen and oxygen atoms in total. The number of nitrogen functional groups attached to an aromatic ring is 1. The van der Waals surface area contributed by atoms with Crippen LogP contribution in [0.5, 0.6) is 0 Å². The molecule has 0 aromatic heterocycles. The van der Waals surface area contributed by atoms with Crippen LogP contribution >= 0.6 is 0 Å². The number of rotatable bonds is 4. The monoisotopic (exact) mass is 258 g/mol. The van der Waals surface area contributed by atoms with E-state index in [4.69, 9.17) is 5.73 Å². The summed E-state index contributed by atoms with van der Waals surface area (Å²) in [4.78, 5) is 2.09. The number of hydrogen-bond acceptors (Lipinski definition) is 2. The summed E-state index contributed by atoms with van der Waals surface area (Å²) in [5, 5.41) is 0. The van der Waals surface area contributed by atoms with Crippen LogP contribution in [0.4, 0.5) is 10.1 Å². The van der Waals surface area contributed by atoms with Crippen LogP contribution in [0.1, 0.15) is 24.1 Å². The van der Waals surface area contributed by atoms with Gasteiger partial charge in [0.05, 0.1) is 0 Å². The van der Waals surface area contributed by atoms with Gasteiger partial charge in [-0.25, -0.2) is 4.39 Å². The van der Waals surface area contributed by atoms with Crippen molar-refractivity contribution in [3.05, 3.63) is 65.5 Å². The van der Waals surface area contributed by atoms with E-state index in [0.717, 1.165) is 11.3 Å². The van der Waals surface area contributed by atoms with Crippen molar-refractivity contribution in [2.75, 3.05) is 12.8 Å². The van der Waals surface area contributed by atoms with Gasteiger partial charge >= 0.3 is 0 Å². The Morgan fingerprint density at radius 2 is 1.74 bits per heavy atom. The molecule has 0 spiro atoms. The van der Waals surface area contributed by atoms with Crippen LogP contribution in [0.3, 0.4) is 0 Å².